The summed E-state index contributed by atoms with van der Waals surface area (Å²) in [5.41, 5.74) is -0.996. The van der Waals surface area contributed by atoms with Crippen molar-refractivity contribution >= 4 is 5.91 Å². The molecule has 0 saturated heterocycles. The van der Waals surface area contributed by atoms with Gasteiger partial charge in [-0.1, -0.05) is 0 Å². The number of amides is 1. The Bertz CT molecular complexity index is 477. The Balaban J connectivity index is 2.81. The van der Waals surface area contributed by atoms with Gasteiger partial charge in [0.25, 0.3) is 5.91 Å². The van der Waals surface area contributed by atoms with Crippen LogP contribution in [0, 0.1) is 0 Å². The first-order chi connectivity index (χ1) is 9.54. The van der Waals surface area contributed by atoms with Gasteiger partial charge >= 0.3 is 12.4 Å². The summed E-state index contributed by atoms with van der Waals surface area (Å²) in [5.74, 6) is -0.726. The van der Waals surface area contributed by atoms with Crippen molar-refractivity contribution in [1.29, 1.82) is 0 Å². The molecule has 0 aliphatic heterocycles. The zero-order valence-electron chi connectivity index (χ0n) is 11.1. The summed E-state index contributed by atoms with van der Waals surface area (Å²) in [6.07, 6.45) is -10.1. The van der Waals surface area contributed by atoms with Crippen LogP contribution in [0.25, 0.3) is 0 Å². The molecule has 0 fully saturated rings. The molecule has 1 rings (SSSR count). The second kappa shape index (κ2) is 6.36. The molecule has 1 aromatic rings. The minimum absolute atomic E-state index is 0.0376. The Morgan fingerprint density at radius 2 is 1.57 bits per heavy atom. The fourth-order valence-electron chi connectivity index (χ4n) is 1.65. The Labute approximate surface area is 117 Å². The van der Waals surface area contributed by atoms with Gasteiger partial charge in [0.2, 0.25) is 0 Å². The maximum Gasteiger partial charge on any atom is 0.416 e. The first-order valence-electron chi connectivity index (χ1n) is 6.08. The van der Waals surface area contributed by atoms with E-state index < -0.39 is 36.8 Å². The van der Waals surface area contributed by atoms with Crippen LogP contribution in [0.1, 0.15) is 29.3 Å². The van der Waals surface area contributed by atoms with E-state index in [4.69, 9.17) is 0 Å². The van der Waals surface area contributed by atoms with E-state index in [9.17, 15) is 31.1 Å². The summed E-state index contributed by atoms with van der Waals surface area (Å²) >= 11 is 0. The number of alkyl halides is 6. The fraction of sp³-hybridized carbons (Fsp3) is 0.462. The molecule has 0 radical (unpaired) electrons. The molecule has 0 saturated carbocycles. The lowest BCUT2D eigenvalue weighted by atomic mass is 10.1. The van der Waals surface area contributed by atoms with Crippen LogP contribution in [0.2, 0.25) is 0 Å². The van der Waals surface area contributed by atoms with Gasteiger partial charge in [-0.25, -0.2) is 0 Å². The van der Waals surface area contributed by atoms with E-state index >= 15 is 0 Å². The maximum absolute atomic E-state index is 12.4. The van der Waals surface area contributed by atoms with Crippen LogP contribution in [0.4, 0.5) is 26.3 Å². The standard InChI is InChI=1S/C13H13F6NO/c1-2-20(8-7-12(14,15)16)11(21)9-3-5-10(6-4-9)13(17,18)19/h3-6H,2,7-8H2,1H3. The van der Waals surface area contributed by atoms with Gasteiger partial charge in [0.1, 0.15) is 0 Å². The molecule has 0 atom stereocenters. The highest BCUT2D eigenvalue weighted by atomic mass is 19.4. The summed E-state index contributed by atoms with van der Waals surface area (Å²) < 4.78 is 73.5. The van der Waals surface area contributed by atoms with E-state index in [0.29, 0.717) is 0 Å². The monoisotopic (exact) mass is 313 g/mol. The smallest absolute Gasteiger partial charge is 0.339 e. The third-order valence-electron chi connectivity index (χ3n) is 2.79. The van der Waals surface area contributed by atoms with E-state index in [1.54, 1.807) is 0 Å². The third kappa shape index (κ3) is 5.28. The minimum Gasteiger partial charge on any atom is -0.339 e. The molecule has 0 aliphatic carbocycles. The second-order valence-corrected chi connectivity index (χ2v) is 4.33. The van der Waals surface area contributed by atoms with Crippen molar-refractivity contribution in [2.75, 3.05) is 13.1 Å². The Morgan fingerprint density at radius 3 is 1.95 bits per heavy atom. The highest BCUT2D eigenvalue weighted by Gasteiger charge is 2.31. The normalized spacial score (nSPS) is 12.3. The van der Waals surface area contributed by atoms with Gasteiger partial charge in [-0.2, -0.15) is 26.3 Å². The third-order valence-corrected chi connectivity index (χ3v) is 2.79. The van der Waals surface area contributed by atoms with Crippen molar-refractivity contribution in [2.45, 2.75) is 25.7 Å². The number of carbonyl (C=O) groups is 1. The first-order valence-corrected chi connectivity index (χ1v) is 6.08. The summed E-state index contributed by atoms with van der Waals surface area (Å²) in [7, 11) is 0. The minimum atomic E-state index is -4.53. The average Bonchev–Trinajstić information content (AvgIpc) is 2.37. The number of rotatable bonds is 4. The lowest BCUT2D eigenvalue weighted by molar-refractivity contribution is -0.138. The lowest BCUT2D eigenvalue weighted by Gasteiger charge is -2.21. The van der Waals surface area contributed by atoms with Gasteiger partial charge in [0.15, 0.2) is 0 Å². The largest absolute Gasteiger partial charge is 0.416 e. The molecule has 0 bridgehead atoms. The molecule has 0 N–H and O–H groups in total. The number of hydrogen-bond acceptors (Lipinski definition) is 1. The quantitative estimate of drug-likeness (QED) is 0.766. The molecule has 0 spiro atoms. The summed E-state index contributed by atoms with van der Waals surface area (Å²) in [6, 6.07) is 3.37. The summed E-state index contributed by atoms with van der Waals surface area (Å²) in [6.45, 7) is 1.01. The zero-order valence-corrected chi connectivity index (χ0v) is 11.1. The Morgan fingerprint density at radius 1 is 1.05 bits per heavy atom. The molecule has 0 unspecified atom stereocenters. The van der Waals surface area contributed by atoms with Crippen LogP contribution >= 0.6 is 0 Å². The van der Waals surface area contributed by atoms with Gasteiger partial charge < -0.3 is 4.90 Å². The molecule has 0 aromatic heterocycles. The van der Waals surface area contributed by atoms with E-state index in [-0.39, 0.29) is 12.1 Å². The predicted octanol–water partition coefficient (Wildman–Crippen LogP) is 4.12. The van der Waals surface area contributed by atoms with Crippen molar-refractivity contribution in [3.63, 3.8) is 0 Å². The molecule has 21 heavy (non-hydrogen) atoms. The van der Waals surface area contributed by atoms with Crippen molar-refractivity contribution < 1.29 is 31.1 Å². The first kappa shape index (κ1) is 17.3. The predicted molar refractivity (Wildman–Crippen MR) is 63.7 cm³/mol. The maximum atomic E-state index is 12.4. The Hall–Kier alpha value is -1.73. The average molecular weight is 313 g/mol. The number of hydrogen-bond donors (Lipinski definition) is 0. The Kier molecular flexibility index (Phi) is 5.25. The zero-order chi connectivity index (χ0) is 16.3. The van der Waals surface area contributed by atoms with Gasteiger partial charge in [-0.05, 0) is 31.2 Å². The van der Waals surface area contributed by atoms with Crippen LogP contribution in [0.15, 0.2) is 24.3 Å². The van der Waals surface area contributed by atoms with Crippen molar-refractivity contribution in [2.24, 2.45) is 0 Å². The highest BCUT2D eigenvalue weighted by molar-refractivity contribution is 5.94. The molecule has 8 heteroatoms. The molecule has 118 valence electrons. The van der Waals surface area contributed by atoms with Crippen LogP contribution in [-0.4, -0.2) is 30.1 Å². The molecule has 0 aliphatic rings. The van der Waals surface area contributed by atoms with Crippen molar-refractivity contribution in [3.05, 3.63) is 35.4 Å². The number of benzene rings is 1. The molecular weight excluding hydrogens is 300 g/mol. The van der Waals surface area contributed by atoms with Crippen molar-refractivity contribution in [3.8, 4) is 0 Å². The lowest BCUT2D eigenvalue weighted by Crippen LogP contribution is -2.34. The van der Waals surface area contributed by atoms with E-state index in [2.05, 4.69) is 0 Å². The van der Waals surface area contributed by atoms with E-state index in [1.807, 2.05) is 0 Å². The molecule has 2 nitrogen and oxygen atoms in total. The van der Waals surface area contributed by atoms with Crippen LogP contribution in [0.5, 0.6) is 0 Å². The number of carbonyl (C=O) groups excluding carboxylic acids is 1. The van der Waals surface area contributed by atoms with Gasteiger partial charge in [0, 0.05) is 18.7 Å². The molecule has 1 amide bonds. The topological polar surface area (TPSA) is 20.3 Å². The number of nitrogens with zero attached hydrogens (tertiary/aromatic N) is 1. The SMILES string of the molecule is CCN(CCC(F)(F)F)C(=O)c1ccc(C(F)(F)F)cc1. The second-order valence-electron chi connectivity index (χ2n) is 4.33. The fourth-order valence-corrected chi connectivity index (χ4v) is 1.65. The summed E-state index contributed by atoms with van der Waals surface area (Å²) in [5, 5.41) is 0. The van der Waals surface area contributed by atoms with Crippen LogP contribution in [0.3, 0.4) is 0 Å². The van der Waals surface area contributed by atoms with Crippen LogP contribution < -0.4 is 0 Å². The highest BCUT2D eigenvalue weighted by Crippen LogP contribution is 2.29. The summed E-state index contributed by atoms with van der Waals surface area (Å²) in [4.78, 5) is 12.9. The van der Waals surface area contributed by atoms with E-state index in [0.717, 1.165) is 29.2 Å². The van der Waals surface area contributed by atoms with Gasteiger partial charge in [-0.15, -0.1) is 0 Å². The van der Waals surface area contributed by atoms with E-state index in [1.165, 1.54) is 6.92 Å². The molecular formula is C13H13F6NO. The van der Waals surface area contributed by atoms with Crippen molar-refractivity contribution in [1.82, 2.24) is 4.90 Å². The van der Waals surface area contributed by atoms with Gasteiger partial charge in [-0.3, -0.25) is 4.79 Å². The molecule has 1 aromatic carbocycles. The number of halogens is 6. The molecule has 0 heterocycles. The van der Waals surface area contributed by atoms with Crippen LogP contribution in [-0.2, 0) is 6.18 Å². The van der Waals surface area contributed by atoms with Gasteiger partial charge in [0.05, 0.1) is 12.0 Å².